The van der Waals surface area contributed by atoms with Crippen LogP contribution in [0.25, 0.3) is 0 Å². The number of rotatable bonds is 24. The van der Waals surface area contributed by atoms with Gasteiger partial charge in [-0.3, -0.25) is 4.79 Å². The van der Waals surface area contributed by atoms with Gasteiger partial charge < -0.3 is 28.4 Å². The summed E-state index contributed by atoms with van der Waals surface area (Å²) in [6, 6.07) is 7.24. The molecule has 0 N–H and O–H groups in total. The molecule has 2 aromatic carbocycles. The lowest BCUT2D eigenvalue weighted by Gasteiger charge is -2.20. The molecule has 1 unspecified atom stereocenters. The van der Waals surface area contributed by atoms with Crippen LogP contribution in [0.1, 0.15) is 108 Å². The Morgan fingerprint density at radius 3 is 1.38 bits per heavy atom. The van der Waals surface area contributed by atoms with Crippen molar-refractivity contribution >= 4 is 19.4 Å². The molecule has 1 atom stereocenters. The third-order valence-electron chi connectivity index (χ3n) is 7.00. The third kappa shape index (κ3) is 11.9. The smallest absolute Gasteiger partial charge is 0.193 e. The van der Waals surface area contributed by atoms with Gasteiger partial charge in [-0.1, -0.05) is 78.6 Å². The predicted octanol–water partition coefficient (Wildman–Crippen LogP) is 8.73. The number of benzene rings is 2. The molecule has 0 radical (unpaired) electrons. The van der Waals surface area contributed by atoms with Crippen LogP contribution in [0.3, 0.4) is 0 Å². The molecule has 2 aromatic rings. The predicted molar refractivity (Wildman–Crippen MR) is 174 cm³/mol. The summed E-state index contributed by atoms with van der Waals surface area (Å²) < 4.78 is 35.4. The highest BCUT2D eigenvalue weighted by atomic mass is 31.1. The molecule has 7 nitrogen and oxygen atoms in total. The average Bonchev–Trinajstić information content (AvgIpc) is 3.01. The molecule has 0 heterocycles. The summed E-state index contributed by atoms with van der Waals surface area (Å²) in [4.78, 5) is 13.9. The van der Waals surface area contributed by atoms with E-state index < -0.39 is 0 Å². The maximum Gasteiger partial charge on any atom is 0.193 e. The van der Waals surface area contributed by atoms with Crippen molar-refractivity contribution in [1.82, 2.24) is 0 Å². The number of unbranched alkanes of at least 4 members (excludes halogenated alkanes) is 9. The molecule has 0 fully saturated rings. The van der Waals surface area contributed by atoms with Gasteiger partial charge in [0.2, 0.25) is 0 Å². The van der Waals surface area contributed by atoms with Crippen LogP contribution in [0.5, 0.6) is 34.5 Å². The Kier molecular flexibility index (Phi) is 17.8. The van der Waals surface area contributed by atoms with E-state index in [1.807, 2.05) is 12.1 Å². The van der Waals surface area contributed by atoms with Gasteiger partial charge in [-0.2, -0.15) is 0 Å². The summed E-state index contributed by atoms with van der Waals surface area (Å²) in [6.45, 7) is 8.35. The van der Waals surface area contributed by atoms with Gasteiger partial charge >= 0.3 is 0 Å². The Bertz CT molecular complexity index is 996. The van der Waals surface area contributed by atoms with Crippen molar-refractivity contribution in [3.05, 3.63) is 29.8 Å². The van der Waals surface area contributed by atoms with Crippen molar-refractivity contribution < 1.29 is 33.2 Å². The van der Waals surface area contributed by atoms with Crippen molar-refractivity contribution in [2.45, 2.75) is 97.8 Å². The molecule has 2 rings (SSSR count). The van der Waals surface area contributed by atoms with Gasteiger partial charge in [-0.25, -0.2) is 0 Å². The second-order valence-electron chi connectivity index (χ2n) is 10.4. The summed E-state index contributed by atoms with van der Waals surface area (Å²) in [5.74, 6) is 3.34. The fraction of sp³-hybridized carbons (Fsp3) is 0.618. The SMILES string of the molecule is CCCCCCOc1cc(OCCCCCC)c(PC(=O)c2c(OC)cc(OC)cc2OC)c(OCCCCCC)c1. The van der Waals surface area contributed by atoms with Crippen LogP contribution < -0.4 is 33.7 Å². The van der Waals surface area contributed by atoms with E-state index in [9.17, 15) is 4.79 Å². The monoisotopic (exact) mass is 604 g/mol. The standard InChI is InChI=1S/C34H53O7P/c1-7-10-13-16-19-39-27-24-30(40-20-17-14-11-8-2)33(31(25-27)41-21-18-15-12-9-3)42-34(35)32-28(37-5)22-26(36-4)23-29(32)38-6/h22-25,42H,7-21H2,1-6H3. The lowest BCUT2D eigenvalue weighted by Crippen LogP contribution is -2.14. The number of ether oxygens (including phenoxy) is 6. The fourth-order valence-corrected chi connectivity index (χ4v) is 5.68. The number of hydrogen-bond acceptors (Lipinski definition) is 7. The van der Waals surface area contributed by atoms with Crippen molar-refractivity contribution in [3.8, 4) is 34.5 Å². The zero-order chi connectivity index (χ0) is 30.6. The Hall–Kier alpha value is -2.66. The first-order chi connectivity index (χ1) is 20.5. The summed E-state index contributed by atoms with van der Waals surface area (Å²) in [5, 5.41) is 0.740. The first-order valence-corrected chi connectivity index (χ1v) is 16.7. The van der Waals surface area contributed by atoms with Gasteiger partial charge in [0.15, 0.2) is 5.52 Å². The highest BCUT2D eigenvalue weighted by Crippen LogP contribution is 2.41. The second kappa shape index (κ2) is 21.1. The molecule has 236 valence electrons. The van der Waals surface area contributed by atoms with Gasteiger partial charge in [0.1, 0.15) is 40.1 Å². The zero-order valence-corrected chi connectivity index (χ0v) is 27.8. The second-order valence-corrected chi connectivity index (χ2v) is 11.6. The Morgan fingerprint density at radius 1 is 0.548 bits per heavy atom. The zero-order valence-electron chi connectivity index (χ0n) is 26.8. The Balaban J connectivity index is 2.45. The molecule has 0 spiro atoms. The molecular weight excluding hydrogens is 551 g/mol. The van der Waals surface area contributed by atoms with Crippen LogP contribution in [-0.2, 0) is 0 Å². The number of hydrogen-bond donors (Lipinski definition) is 0. The average molecular weight is 605 g/mol. The van der Waals surface area contributed by atoms with E-state index >= 15 is 0 Å². The van der Waals surface area contributed by atoms with E-state index in [1.54, 1.807) is 19.2 Å². The Morgan fingerprint density at radius 2 is 0.976 bits per heavy atom. The van der Waals surface area contributed by atoms with Crippen molar-refractivity contribution in [2.24, 2.45) is 0 Å². The summed E-state index contributed by atoms with van der Waals surface area (Å²) in [5.41, 5.74) is 0.240. The highest BCUT2D eigenvalue weighted by molar-refractivity contribution is 7.66. The largest absolute Gasteiger partial charge is 0.496 e. The number of carbonyl (C=O) groups is 1. The summed E-state index contributed by atoms with van der Waals surface area (Å²) in [6.07, 6.45) is 13.2. The van der Waals surface area contributed by atoms with Crippen LogP contribution in [0.15, 0.2) is 24.3 Å². The van der Waals surface area contributed by atoms with E-state index in [4.69, 9.17) is 28.4 Å². The van der Waals surface area contributed by atoms with Crippen LogP contribution in [0.4, 0.5) is 0 Å². The van der Waals surface area contributed by atoms with Crippen LogP contribution in [-0.4, -0.2) is 46.7 Å². The van der Waals surface area contributed by atoms with E-state index in [-0.39, 0.29) is 14.1 Å². The number of carbonyl (C=O) groups excluding carboxylic acids is 1. The maximum atomic E-state index is 13.9. The third-order valence-corrected chi connectivity index (χ3v) is 8.22. The van der Waals surface area contributed by atoms with Gasteiger partial charge in [0.25, 0.3) is 0 Å². The van der Waals surface area contributed by atoms with E-state index in [2.05, 4.69) is 20.8 Å². The summed E-state index contributed by atoms with van der Waals surface area (Å²) in [7, 11) is 4.37. The minimum atomic E-state index is -0.273. The molecule has 0 saturated heterocycles. The van der Waals surface area contributed by atoms with Crippen LogP contribution in [0.2, 0.25) is 0 Å². The van der Waals surface area contributed by atoms with Gasteiger partial charge in [0.05, 0.1) is 46.5 Å². The highest BCUT2D eigenvalue weighted by Gasteiger charge is 2.25. The molecule has 0 aliphatic heterocycles. The topological polar surface area (TPSA) is 72.5 Å². The van der Waals surface area contributed by atoms with Crippen LogP contribution >= 0.6 is 8.58 Å². The first kappa shape index (κ1) is 35.5. The molecule has 42 heavy (non-hydrogen) atoms. The van der Waals surface area contributed by atoms with Crippen molar-refractivity contribution in [1.29, 1.82) is 0 Å². The molecule has 0 saturated carbocycles. The van der Waals surface area contributed by atoms with Crippen LogP contribution in [0, 0.1) is 0 Å². The first-order valence-electron chi connectivity index (χ1n) is 15.7. The molecule has 0 aliphatic carbocycles. The minimum absolute atomic E-state index is 0.133. The maximum absolute atomic E-state index is 13.9. The van der Waals surface area contributed by atoms with Crippen molar-refractivity contribution in [2.75, 3.05) is 41.2 Å². The van der Waals surface area contributed by atoms with Gasteiger partial charge in [0, 0.05) is 24.3 Å². The van der Waals surface area contributed by atoms with E-state index in [1.165, 1.54) is 39.9 Å². The molecule has 0 amide bonds. The molecule has 0 bridgehead atoms. The molecule has 8 heteroatoms. The van der Waals surface area contributed by atoms with Gasteiger partial charge in [-0.05, 0) is 27.8 Å². The van der Waals surface area contributed by atoms with Gasteiger partial charge in [-0.15, -0.1) is 0 Å². The van der Waals surface area contributed by atoms with E-state index in [0.717, 1.165) is 56.7 Å². The van der Waals surface area contributed by atoms with Crippen molar-refractivity contribution in [3.63, 3.8) is 0 Å². The Labute approximate surface area is 255 Å². The molecule has 0 aliphatic rings. The lowest BCUT2D eigenvalue weighted by molar-refractivity contribution is 0.108. The molecular formula is C34H53O7P. The minimum Gasteiger partial charge on any atom is -0.496 e. The summed E-state index contributed by atoms with van der Waals surface area (Å²) >= 11 is 0. The van der Waals surface area contributed by atoms with E-state index in [0.29, 0.717) is 59.9 Å². The molecule has 0 aromatic heterocycles. The normalized spacial score (nSPS) is 11.1. The number of methoxy groups -OCH3 is 3. The fourth-order valence-electron chi connectivity index (χ4n) is 4.55. The quantitative estimate of drug-likeness (QED) is 0.0876. The lowest BCUT2D eigenvalue weighted by atomic mass is 10.2.